The van der Waals surface area contributed by atoms with Crippen LogP contribution >= 0.6 is 0 Å². The maximum absolute atomic E-state index is 11.3. The first kappa shape index (κ1) is 10.6. The number of aromatic nitrogens is 2. The van der Waals surface area contributed by atoms with Crippen LogP contribution in [-0.2, 0) is 16.9 Å². The SMILES string of the molecule is Cn1ccnc1C(O)C1CCS(=O)(=O)C1. The highest BCUT2D eigenvalue weighted by atomic mass is 32.2. The van der Waals surface area contributed by atoms with Crippen molar-refractivity contribution in [1.82, 2.24) is 9.55 Å². The Morgan fingerprint density at radius 2 is 2.40 bits per heavy atom. The van der Waals surface area contributed by atoms with Crippen molar-refractivity contribution >= 4 is 9.84 Å². The Bertz CT molecular complexity index is 452. The second-order valence-corrected chi connectivity index (χ2v) is 6.23. The van der Waals surface area contributed by atoms with E-state index in [4.69, 9.17) is 0 Å². The molecule has 1 aromatic rings. The number of hydrogen-bond acceptors (Lipinski definition) is 4. The molecule has 6 heteroatoms. The Labute approximate surface area is 88.7 Å². The zero-order valence-corrected chi connectivity index (χ0v) is 9.31. The van der Waals surface area contributed by atoms with E-state index < -0.39 is 15.9 Å². The molecule has 2 unspecified atom stereocenters. The molecule has 1 fully saturated rings. The smallest absolute Gasteiger partial charge is 0.150 e. The van der Waals surface area contributed by atoms with Crippen molar-refractivity contribution in [2.75, 3.05) is 11.5 Å². The van der Waals surface area contributed by atoms with Crippen LogP contribution in [0.4, 0.5) is 0 Å². The maximum atomic E-state index is 11.3. The minimum absolute atomic E-state index is 0.0705. The highest BCUT2D eigenvalue weighted by Crippen LogP contribution is 2.30. The summed E-state index contributed by atoms with van der Waals surface area (Å²) in [6.07, 6.45) is 3.09. The normalized spacial score (nSPS) is 26.7. The zero-order valence-electron chi connectivity index (χ0n) is 8.50. The van der Waals surface area contributed by atoms with E-state index >= 15 is 0 Å². The number of imidazole rings is 1. The largest absolute Gasteiger partial charge is 0.385 e. The third-order valence-corrected chi connectivity index (χ3v) is 4.63. The molecule has 15 heavy (non-hydrogen) atoms. The Balaban J connectivity index is 2.17. The lowest BCUT2D eigenvalue weighted by Crippen LogP contribution is -2.17. The van der Waals surface area contributed by atoms with E-state index in [-0.39, 0.29) is 17.4 Å². The molecule has 0 radical (unpaired) electrons. The van der Waals surface area contributed by atoms with Crippen molar-refractivity contribution < 1.29 is 13.5 Å². The van der Waals surface area contributed by atoms with E-state index in [9.17, 15) is 13.5 Å². The molecule has 0 amide bonds. The first-order chi connectivity index (χ1) is 6.99. The third kappa shape index (κ3) is 2.05. The molecule has 2 atom stereocenters. The highest BCUT2D eigenvalue weighted by Gasteiger charge is 2.34. The fraction of sp³-hybridized carbons (Fsp3) is 0.667. The van der Waals surface area contributed by atoms with Gasteiger partial charge in [-0.25, -0.2) is 13.4 Å². The predicted octanol–water partition coefficient (Wildman–Crippen LogP) is -0.112. The number of nitrogens with zero attached hydrogens (tertiary/aromatic N) is 2. The van der Waals surface area contributed by atoms with Gasteiger partial charge in [0.15, 0.2) is 9.84 Å². The van der Waals surface area contributed by atoms with Crippen LogP contribution in [0.2, 0.25) is 0 Å². The molecular formula is C9H14N2O3S. The number of rotatable bonds is 2. The van der Waals surface area contributed by atoms with Gasteiger partial charge in [0.2, 0.25) is 0 Å². The summed E-state index contributed by atoms with van der Waals surface area (Å²) in [5.74, 6) is 0.577. The van der Waals surface area contributed by atoms with Gasteiger partial charge in [0, 0.05) is 25.4 Å². The Morgan fingerprint density at radius 1 is 1.67 bits per heavy atom. The van der Waals surface area contributed by atoms with Gasteiger partial charge in [-0.1, -0.05) is 0 Å². The summed E-state index contributed by atoms with van der Waals surface area (Å²) < 4.78 is 24.2. The summed E-state index contributed by atoms with van der Waals surface area (Å²) in [5.41, 5.74) is 0. The summed E-state index contributed by atoms with van der Waals surface area (Å²) in [4.78, 5) is 4.03. The molecule has 1 saturated heterocycles. The first-order valence-corrected chi connectivity index (χ1v) is 6.67. The summed E-state index contributed by atoms with van der Waals surface area (Å²) in [7, 11) is -1.15. The van der Waals surface area contributed by atoms with Crippen LogP contribution in [0.15, 0.2) is 12.4 Å². The molecule has 1 aliphatic heterocycles. The Kier molecular flexibility index (Phi) is 2.56. The molecular weight excluding hydrogens is 216 g/mol. The molecule has 84 valence electrons. The van der Waals surface area contributed by atoms with E-state index in [2.05, 4.69) is 4.98 Å². The lowest BCUT2D eigenvalue weighted by atomic mass is 10.0. The van der Waals surface area contributed by atoms with Crippen molar-refractivity contribution in [3.05, 3.63) is 18.2 Å². The summed E-state index contributed by atoms with van der Waals surface area (Å²) in [5, 5.41) is 9.97. The average molecular weight is 230 g/mol. The zero-order chi connectivity index (χ0) is 11.1. The molecule has 0 aromatic carbocycles. The molecule has 0 bridgehead atoms. The molecule has 0 spiro atoms. The van der Waals surface area contributed by atoms with Crippen molar-refractivity contribution in [3.8, 4) is 0 Å². The molecule has 5 nitrogen and oxygen atoms in total. The molecule has 1 N–H and O–H groups in total. The number of hydrogen-bond donors (Lipinski definition) is 1. The van der Waals surface area contributed by atoms with Crippen LogP contribution in [0.3, 0.4) is 0 Å². The monoisotopic (exact) mass is 230 g/mol. The maximum Gasteiger partial charge on any atom is 0.150 e. The van der Waals surface area contributed by atoms with Gasteiger partial charge in [-0.15, -0.1) is 0 Å². The fourth-order valence-corrected chi connectivity index (χ4v) is 3.78. The second kappa shape index (κ2) is 3.61. The Morgan fingerprint density at radius 3 is 2.87 bits per heavy atom. The lowest BCUT2D eigenvalue weighted by Gasteiger charge is -2.15. The van der Waals surface area contributed by atoms with E-state index in [0.717, 1.165) is 0 Å². The topological polar surface area (TPSA) is 72.2 Å². The van der Waals surface area contributed by atoms with Gasteiger partial charge in [0.1, 0.15) is 11.9 Å². The van der Waals surface area contributed by atoms with Gasteiger partial charge in [-0.2, -0.15) is 0 Å². The van der Waals surface area contributed by atoms with E-state index in [1.807, 2.05) is 0 Å². The van der Waals surface area contributed by atoms with Crippen LogP contribution in [0.1, 0.15) is 18.3 Å². The number of aliphatic hydroxyl groups excluding tert-OH is 1. The second-order valence-electron chi connectivity index (χ2n) is 4.00. The van der Waals surface area contributed by atoms with Crippen LogP contribution < -0.4 is 0 Å². The van der Waals surface area contributed by atoms with Crippen LogP contribution in [0.5, 0.6) is 0 Å². The number of aryl methyl sites for hydroxylation is 1. The molecule has 0 saturated carbocycles. The summed E-state index contributed by atoms with van der Waals surface area (Å²) >= 11 is 0. The molecule has 1 aliphatic rings. The molecule has 1 aromatic heterocycles. The van der Waals surface area contributed by atoms with Gasteiger partial charge >= 0.3 is 0 Å². The van der Waals surface area contributed by atoms with Gasteiger partial charge < -0.3 is 9.67 Å². The molecule has 2 rings (SSSR count). The Hall–Kier alpha value is -0.880. The third-order valence-electron chi connectivity index (χ3n) is 2.84. The van der Waals surface area contributed by atoms with Crippen LogP contribution in [0.25, 0.3) is 0 Å². The number of aliphatic hydroxyl groups is 1. The minimum atomic E-state index is -2.94. The molecule has 2 heterocycles. The van der Waals surface area contributed by atoms with E-state index in [0.29, 0.717) is 12.2 Å². The van der Waals surface area contributed by atoms with Gasteiger partial charge in [-0.3, -0.25) is 0 Å². The summed E-state index contributed by atoms with van der Waals surface area (Å²) in [6.45, 7) is 0. The highest BCUT2D eigenvalue weighted by molar-refractivity contribution is 7.91. The van der Waals surface area contributed by atoms with Crippen molar-refractivity contribution in [2.24, 2.45) is 13.0 Å². The minimum Gasteiger partial charge on any atom is -0.385 e. The van der Waals surface area contributed by atoms with Crippen molar-refractivity contribution in [3.63, 3.8) is 0 Å². The van der Waals surface area contributed by atoms with Gasteiger partial charge in [0.05, 0.1) is 11.5 Å². The number of sulfone groups is 1. The summed E-state index contributed by atoms with van der Waals surface area (Å²) in [6, 6.07) is 0. The van der Waals surface area contributed by atoms with Gasteiger partial charge in [0.25, 0.3) is 0 Å². The fourth-order valence-electron chi connectivity index (χ4n) is 1.95. The quantitative estimate of drug-likeness (QED) is 0.769. The van der Waals surface area contributed by atoms with E-state index in [1.165, 1.54) is 0 Å². The van der Waals surface area contributed by atoms with Crippen LogP contribution in [-0.4, -0.2) is 34.6 Å². The van der Waals surface area contributed by atoms with Crippen molar-refractivity contribution in [2.45, 2.75) is 12.5 Å². The lowest BCUT2D eigenvalue weighted by molar-refractivity contribution is 0.109. The molecule has 0 aliphatic carbocycles. The standard InChI is InChI=1S/C9H14N2O3S/c1-11-4-3-10-9(11)8(12)7-2-5-15(13,14)6-7/h3-4,7-8,12H,2,5-6H2,1H3. The first-order valence-electron chi connectivity index (χ1n) is 4.85. The van der Waals surface area contributed by atoms with Crippen molar-refractivity contribution in [1.29, 1.82) is 0 Å². The van der Waals surface area contributed by atoms with Gasteiger partial charge in [-0.05, 0) is 6.42 Å². The predicted molar refractivity (Wildman–Crippen MR) is 54.9 cm³/mol. The van der Waals surface area contributed by atoms with E-state index in [1.54, 1.807) is 24.0 Å². The average Bonchev–Trinajstić information content (AvgIpc) is 2.71. The van der Waals surface area contributed by atoms with Crippen LogP contribution in [0, 0.1) is 5.92 Å².